The van der Waals surface area contributed by atoms with Gasteiger partial charge in [-0.25, -0.2) is 0 Å². The van der Waals surface area contributed by atoms with Crippen LogP contribution < -0.4 is 10.1 Å². The average molecular weight is 243 g/mol. The summed E-state index contributed by atoms with van der Waals surface area (Å²) < 4.78 is 10.8. The van der Waals surface area contributed by atoms with Gasteiger partial charge in [0.1, 0.15) is 11.5 Å². The molecule has 1 aromatic carbocycles. The number of benzene rings is 1. The molecular formula is C15H17NO2. The quantitative estimate of drug-likeness (QED) is 0.778. The fourth-order valence-corrected chi connectivity index (χ4v) is 1.85. The van der Waals surface area contributed by atoms with Crippen molar-refractivity contribution in [1.82, 2.24) is 0 Å². The molecule has 18 heavy (non-hydrogen) atoms. The average Bonchev–Trinajstić information content (AvgIpc) is 2.92. The number of furan rings is 1. The normalized spacial score (nSPS) is 11.8. The summed E-state index contributed by atoms with van der Waals surface area (Å²) in [7, 11) is 1.66. The molecule has 0 aliphatic carbocycles. The Morgan fingerprint density at radius 3 is 2.83 bits per heavy atom. The van der Waals surface area contributed by atoms with Gasteiger partial charge in [0.05, 0.1) is 25.1 Å². The smallest absolute Gasteiger partial charge is 0.141 e. The maximum absolute atomic E-state index is 5.44. The Morgan fingerprint density at radius 2 is 2.17 bits per heavy atom. The lowest BCUT2D eigenvalue weighted by Crippen LogP contribution is -2.09. The molecule has 0 spiro atoms. The highest BCUT2D eigenvalue weighted by Gasteiger charge is 2.14. The monoisotopic (exact) mass is 243 g/mol. The molecule has 0 saturated heterocycles. The summed E-state index contributed by atoms with van der Waals surface area (Å²) >= 11 is 0. The summed E-state index contributed by atoms with van der Waals surface area (Å²) in [4.78, 5) is 0. The molecule has 0 radical (unpaired) electrons. The van der Waals surface area contributed by atoms with Crippen molar-refractivity contribution >= 4 is 5.69 Å². The maximum atomic E-state index is 5.44. The molecule has 0 aliphatic heterocycles. The van der Waals surface area contributed by atoms with Crippen LogP contribution in [0.3, 0.4) is 0 Å². The summed E-state index contributed by atoms with van der Waals surface area (Å²) in [6, 6.07) is 11.7. The summed E-state index contributed by atoms with van der Waals surface area (Å²) in [5.41, 5.74) is 0.947. The lowest BCUT2D eigenvalue weighted by Gasteiger charge is -2.18. The number of anilines is 1. The Bertz CT molecular complexity index is 491. The van der Waals surface area contributed by atoms with Crippen LogP contribution in [0.1, 0.15) is 18.2 Å². The summed E-state index contributed by atoms with van der Waals surface area (Å²) in [5, 5.41) is 3.41. The SMILES string of the molecule is C=CCC(Nc1ccccc1OC)c1ccco1. The Balaban J connectivity index is 2.21. The van der Waals surface area contributed by atoms with Crippen LogP contribution in [0.5, 0.6) is 5.75 Å². The highest BCUT2D eigenvalue weighted by Crippen LogP contribution is 2.29. The zero-order chi connectivity index (χ0) is 12.8. The van der Waals surface area contributed by atoms with Crippen molar-refractivity contribution in [3.05, 3.63) is 61.1 Å². The fraction of sp³-hybridized carbons (Fsp3) is 0.200. The lowest BCUT2D eigenvalue weighted by atomic mass is 10.1. The van der Waals surface area contributed by atoms with E-state index in [0.29, 0.717) is 0 Å². The van der Waals surface area contributed by atoms with Gasteiger partial charge in [-0.15, -0.1) is 6.58 Å². The fourth-order valence-electron chi connectivity index (χ4n) is 1.85. The van der Waals surface area contributed by atoms with E-state index in [9.17, 15) is 0 Å². The third kappa shape index (κ3) is 2.74. The van der Waals surface area contributed by atoms with Crippen molar-refractivity contribution < 1.29 is 9.15 Å². The minimum Gasteiger partial charge on any atom is -0.495 e. The number of hydrogen-bond donors (Lipinski definition) is 1. The molecule has 3 heteroatoms. The highest BCUT2D eigenvalue weighted by molar-refractivity contribution is 5.57. The predicted molar refractivity (Wildman–Crippen MR) is 72.9 cm³/mol. The molecule has 2 aromatic rings. The third-order valence-corrected chi connectivity index (χ3v) is 2.73. The molecule has 1 unspecified atom stereocenters. The van der Waals surface area contributed by atoms with Crippen LogP contribution >= 0.6 is 0 Å². The van der Waals surface area contributed by atoms with Crippen LogP contribution in [0, 0.1) is 0 Å². The van der Waals surface area contributed by atoms with Gasteiger partial charge in [0.15, 0.2) is 0 Å². The summed E-state index contributed by atoms with van der Waals surface area (Å²) in [6.45, 7) is 3.78. The van der Waals surface area contributed by atoms with Crippen LogP contribution in [0.2, 0.25) is 0 Å². The molecule has 0 aliphatic rings. The largest absolute Gasteiger partial charge is 0.495 e. The van der Waals surface area contributed by atoms with E-state index in [1.54, 1.807) is 13.4 Å². The van der Waals surface area contributed by atoms with E-state index in [1.165, 1.54) is 0 Å². The van der Waals surface area contributed by atoms with Crippen molar-refractivity contribution in [3.63, 3.8) is 0 Å². The first-order valence-corrected chi connectivity index (χ1v) is 5.89. The first-order valence-electron chi connectivity index (χ1n) is 5.89. The molecule has 1 N–H and O–H groups in total. The van der Waals surface area contributed by atoms with Crippen LogP contribution in [-0.2, 0) is 0 Å². The van der Waals surface area contributed by atoms with Crippen molar-refractivity contribution in [2.45, 2.75) is 12.5 Å². The van der Waals surface area contributed by atoms with Crippen LogP contribution in [0.15, 0.2) is 59.7 Å². The zero-order valence-corrected chi connectivity index (χ0v) is 10.4. The third-order valence-electron chi connectivity index (χ3n) is 2.73. The number of rotatable bonds is 6. The summed E-state index contributed by atoms with van der Waals surface area (Å²) in [6.07, 6.45) is 4.33. The van der Waals surface area contributed by atoms with Gasteiger partial charge in [-0.2, -0.15) is 0 Å². The van der Waals surface area contributed by atoms with E-state index in [-0.39, 0.29) is 6.04 Å². The first-order chi connectivity index (χ1) is 8.85. The molecule has 1 heterocycles. The van der Waals surface area contributed by atoms with E-state index >= 15 is 0 Å². The second-order valence-electron chi connectivity index (χ2n) is 3.94. The molecule has 3 nitrogen and oxygen atoms in total. The van der Waals surface area contributed by atoms with Gasteiger partial charge >= 0.3 is 0 Å². The number of ether oxygens (including phenoxy) is 1. The number of hydrogen-bond acceptors (Lipinski definition) is 3. The molecule has 0 amide bonds. The van der Waals surface area contributed by atoms with E-state index in [2.05, 4.69) is 11.9 Å². The maximum Gasteiger partial charge on any atom is 0.141 e. The molecule has 0 bridgehead atoms. The highest BCUT2D eigenvalue weighted by atomic mass is 16.5. The summed E-state index contributed by atoms with van der Waals surface area (Å²) in [5.74, 6) is 1.71. The second-order valence-corrected chi connectivity index (χ2v) is 3.94. The van der Waals surface area contributed by atoms with Crippen LogP contribution in [0.25, 0.3) is 0 Å². The number of methoxy groups -OCH3 is 1. The Morgan fingerprint density at radius 1 is 1.33 bits per heavy atom. The van der Waals surface area contributed by atoms with Crippen molar-refractivity contribution in [2.75, 3.05) is 12.4 Å². The van der Waals surface area contributed by atoms with Gasteiger partial charge in [0.2, 0.25) is 0 Å². The Kier molecular flexibility index (Phi) is 4.07. The van der Waals surface area contributed by atoms with Gasteiger partial charge in [-0.05, 0) is 30.7 Å². The Hall–Kier alpha value is -2.16. The van der Waals surface area contributed by atoms with Gasteiger partial charge in [-0.3, -0.25) is 0 Å². The van der Waals surface area contributed by atoms with Gasteiger partial charge in [0.25, 0.3) is 0 Å². The standard InChI is InChI=1S/C15H17NO2/c1-3-7-12(15-10-6-11-18-15)16-13-8-4-5-9-14(13)17-2/h3-6,8-12,16H,1,7H2,2H3. The van der Waals surface area contributed by atoms with E-state index in [1.807, 2.05) is 42.5 Å². The van der Waals surface area contributed by atoms with Crippen molar-refractivity contribution in [2.24, 2.45) is 0 Å². The van der Waals surface area contributed by atoms with Crippen LogP contribution in [0.4, 0.5) is 5.69 Å². The molecule has 0 fully saturated rings. The zero-order valence-electron chi connectivity index (χ0n) is 10.4. The van der Waals surface area contributed by atoms with E-state index in [0.717, 1.165) is 23.6 Å². The topological polar surface area (TPSA) is 34.4 Å². The minimum atomic E-state index is 0.0637. The molecule has 94 valence electrons. The van der Waals surface area contributed by atoms with Crippen molar-refractivity contribution in [1.29, 1.82) is 0 Å². The van der Waals surface area contributed by atoms with Crippen LogP contribution in [-0.4, -0.2) is 7.11 Å². The van der Waals surface area contributed by atoms with Crippen molar-refractivity contribution in [3.8, 4) is 5.75 Å². The minimum absolute atomic E-state index is 0.0637. The molecule has 2 rings (SSSR count). The predicted octanol–water partition coefficient (Wildman–Crippen LogP) is 4.02. The van der Waals surface area contributed by atoms with E-state index < -0.39 is 0 Å². The molecule has 0 saturated carbocycles. The number of para-hydroxylation sites is 2. The second kappa shape index (κ2) is 5.96. The number of nitrogens with one attached hydrogen (secondary N) is 1. The lowest BCUT2D eigenvalue weighted by molar-refractivity contribution is 0.415. The molecule has 1 aromatic heterocycles. The van der Waals surface area contributed by atoms with Gasteiger partial charge < -0.3 is 14.5 Å². The molecule has 1 atom stereocenters. The van der Waals surface area contributed by atoms with Gasteiger partial charge in [0, 0.05) is 0 Å². The molecular weight excluding hydrogens is 226 g/mol. The first kappa shape index (κ1) is 12.3. The Labute approximate surface area is 107 Å². The van der Waals surface area contributed by atoms with Gasteiger partial charge in [-0.1, -0.05) is 18.2 Å². The van der Waals surface area contributed by atoms with E-state index in [4.69, 9.17) is 9.15 Å².